The van der Waals surface area contributed by atoms with E-state index in [2.05, 4.69) is 58.8 Å². The van der Waals surface area contributed by atoms with Crippen molar-refractivity contribution in [1.29, 1.82) is 0 Å². The number of nitrogens with one attached hydrogen (secondary N) is 1. The van der Waals surface area contributed by atoms with Crippen LogP contribution in [0.4, 0.5) is 10.1 Å². The van der Waals surface area contributed by atoms with Gasteiger partial charge in [-0.25, -0.2) is 4.39 Å². The highest BCUT2D eigenvalue weighted by Gasteiger charge is 2.25. The van der Waals surface area contributed by atoms with Crippen LogP contribution in [0.15, 0.2) is 18.2 Å². The van der Waals surface area contributed by atoms with Crippen molar-refractivity contribution in [1.82, 2.24) is 5.32 Å². The van der Waals surface area contributed by atoms with Gasteiger partial charge in [0.15, 0.2) is 0 Å². The lowest BCUT2D eigenvalue weighted by Gasteiger charge is -2.38. The summed E-state index contributed by atoms with van der Waals surface area (Å²) in [6.07, 6.45) is 0. The van der Waals surface area contributed by atoms with Crippen LogP contribution in [0.3, 0.4) is 0 Å². The van der Waals surface area contributed by atoms with Gasteiger partial charge in [0.25, 0.3) is 0 Å². The van der Waals surface area contributed by atoms with Crippen molar-refractivity contribution in [2.45, 2.75) is 60.2 Å². The van der Waals surface area contributed by atoms with Gasteiger partial charge in [-0.15, -0.1) is 0 Å². The van der Waals surface area contributed by atoms with Crippen LogP contribution in [0.2, 0.25) is 0 Å². The molecule has 0 bridgehead atoms. The number of nitrogens with zero attached hydrogens (tertiary/aromatic N) is 1. The molecule has 1 N–H and O–H groups in total. The molecule has 1 aromatic rings. The second-order valence-electron chi connectivity index (χ2n) is 6.96. The first-order valence-corrected chi connectivity index (χ1v) is 7.37. The molecule has 0 saturated carbocycles. The van der Waals surface area contributed by atoms with Gasteiger partial charge in [-0.05, 0) is 36.1 Å². The summed E-state index contributed by atoms with van der Waals surface area (Å²) in [6.45, 7) is 13.8. The van der Waals surface area contributed by atoms with E-state index in [1.807, 2.05) is 6.07 Å². The molecule has 0 aromatic heterocycles. The van der Waals surface area contributed by atoms with Crippen LogP contribution in [-0.4, -0.2) is 19.1 Å². The van der Waals surface area contributed by atoms with Gasteiger partial charge in [-0.3, -0.25) is 0 Å². The van der Waals surface area contributed by atoms with Crippen LogP contribution in [-0.2, 0) is 6.54 Å². The molecule has 0 aliphatic heterocycles. The third kappa shape index (κ3) is 4.48. The average Bonchev–Trinajstić information content (AvgIpc) is 2.33. The van der Waals surface area contributed by atoms with E-state index in [0.29, 0.717) is 18.6 Å². The highest BCUT2D eigenvalue weighted by molar-refractivity contribution is 5.54. The molecule has 0 spiro atoms. The van der Waals surface area contributed by atoms with Crippen LogP contribution in [0, 0.1) is 11.2 Å². The van der Waals surface area contributed by atoms with Gasteiger partial charge >= 0.3 is 0 Å². The molecular weight excluding hydrogens is 251 g/mol. The number of hydrogen-bond acceptors (Lipinski definition) is 2. The zero-order valence-electron chi connectivity index (χ0n) is 13.9. The Kier molecular flexibility index (Phi) is 5.58. The fourth-order valence-corrected chi connectivity index (χ4v) is 2.14. The molecule has 0 fully saturated rings. The molecule has 0 saturated heterocycles. The van der Waals surface area contributed by atoms with E-state index in [0.717, 1.165) is 11.3 Å². The van der Waals surface area contributed by atoms with Crippen LogP contribution in [0.5, 0.6) is 0 Å². The molecule has 1 atom stereocenters. The third-order valence-corrected chi connectivity index (χ3v) is 3.96. The lowest BCUT2D eigenvalue weighted by Crippen LogP contribution is -2.40. The molecule has 20 heavy (non-hydrogen) atoms. The first kappa shape index (κ1) is 17.0. The largest absolute Gasteiger partial charge is 0.371 e. The monoisotopic (exact) mass is 280 g/mol. The van der Waals surface area contributed by atoms with E-state index in [1.165, 1.54) is 0 Å². The van der Waals surface area contributed by atoms with E-state index in [9.17, 15) is 4.39 Å². The SMILES string of the molecule is CC(C)NCc1cc(F)ccc1N(C)C(C)C(C)(C)C. The van der Waals surface area contributed by atoms with Gasteiger partial charge in [0.1, 0.15) is 5.82 Å². The normalized spacial score (nSPS) is 13.7. The lowest BCUT2D eigenvalue weighted by atomic mass is 9.86. The molecule has 0 radical (unpaired) electrons. The fourth-order valence-electron chi connectivity index (χ4n) is 2.14. The molecule has 114 valence electrons. The summed E-state index contributed by atoms with van der Waals surface area (Å²) < 4.78 is 13.5. The molecular formula is C17H29FN2. The van der Waals surface area contributed by atoms with Gasteiger partial charge in [0, 0.05) is 31.4 Å². The molecule has 0 amide bonds. The number of anilines is 1. The Morgan fingerprint density at radius 1 is 1.20 bits per heavy atom. The molecule has 1 rings (SSSR count). The number of halogens is 1. The molecule has 0 aliphatic rings. The van der Waals surface area contributed by atoms with E-state index < -0.39 is 0 Å². The van der Waals surface area contributed by atoms with Crippen molar-refractivity contribution in [2.75, 3.05) is 11.9 Å². The zero-order valence-corrected chi connectivity index (χ0v) is 13.9. The van der Waals surface area contributed by atoms with Crippen LogP contribution >= 0.6 is 0 Å². The van der Waals surface area contributed by atoms with Crippen molar-refractivity contribution >= 4 is 5.69 Å². The van der Waals surface area contributed by atoms with Crippen molar-refractivity contribution < 1.29 is 4.39 Å². The molecule has 3 heteroatoms. The predicted octanol–water partition coefficient (Wildman–Crippen LogP) is 4.19. The van der Waals surface area contributed by atoms with Crippen molar-refractivity contribution in [3.8, 4) is 0 Å². The Hall–Kier alpha value is -1.09. The topological polar surface area (TPSA) is 15.3 Å². The minimum Gasteiger partial charge on any atom is -0.371 e. The third-order valence-electron chi connectivity index (χ3n) is 3.96. The summed E-state index contributed by atoms with van der Waals surface area (Å²) in [5, 5.41) is 3.37. The van der Waals surface area contributed by atoms with Crippen LogP contribution in [0.25, 0.3) is 0 Å². The molecule has 2 nitrogen and oxygen atoms in total. The zero-order chi connectivity index (χ0) is 15.5. The molecule has 0 heterocycles. The minimum absolute atomic E-state index is 0.173. The van der Waals surface area contributed by atoms with E-state index >= 15 is 0 Å². The smallest absolute Gasteiger partial charge is 0.123 e. The van der Waals surface area contributed by atoms with Gasteiger partial charge < -0.3 is 10.2 Å². The minimum atomic E-state index is -0.175. The Morgan fingerprint density at radius 3 is 2.30 bits per heavy atom. The maximum Gasteiger partial charge on any atom is 0.123 e. The summed E-state index contributed by atoms with van der Waals surface area (Å²) in [4.78, 5) is 2.25. The van der Waals surface area contributed by atoms with Crippen molar-refractivity contribution in [3.63, 3.8) is 0 Å². The van der Waals surface area contributed by atoms with E-state index in [1.54, 1.807) is 12.1 Å². The first-order valence-electron chi connectivity index (χ1n) is 7.37. The Morgan fingerprint density at radius 2 is 1.80 bits per heavy atom. The van der Waals surface area contributed by atoms with Gasteiger partial charge in [-0.1, -0.05) is 34.6 Å². The summed E-state index contributed by atoms with van der Waals surface area (Å²) in [5.41, 5.74) is 2.28. The van der Waals surface area contributed by atoms with Crippen molar-refractivity contribution in [3.05, 3.63) is 29.6 Å². The number of benzene rings is 1. The standard InChI is InChI=1S/C17H29FN2/c1-12(2)19-11-14-10-15(18)8-9-16(14)20(7)13(3)17(4,5)6/h8-10,12-13,19H,11H2,1-7H3. The molecule has 1 aromatic carbocycles. The Balaban J connectivity index is 3.04. The van der Waals surface area contributed by atoms with Gasteiger partial charge in [-0.2, -0.15) is 0 Å². The van der Waals surface area contributed by atoms with E-state index in [4.69, 9.17) is 0 Å². The first-order chi connectivity index (χ1) is 9.12. The number of hydrogen-bond donors (Lipinski definition) is 1. The molecule has 0 aliphatic carbocycles. The summed E-state index contributed by atoms with van der Waals surface area (Å²) >= 11 is 0. The quantitative estimate of drug-likeness (QED) is 0.870. The summed E-state index contributed by atoms with van der Waals surface area (Å²) in [6, 6.07) is 5.81. The second-order valence-corrected chi connectivity index (χ2v) is 6.96. The highest BCUT2D eigenvalue weighted by atomic mass is 19.1. The second kappa shape index (κ2) is 6.57. The lowest BCUT2D eigenvalue weighted by molar-refractivity contribution is 0.329. The highest BCUT2D eigenvalue weighted by Crippen LogP contribution is 2.30. The predicted molar refractivity (Wildman–Crippen MR) is 85.7 cm³/mol. The summed E-state index contributed by atoms with van der Waals surface area (Å²) in [5.74, 6) is -0.175. The Bertz CT molecular complexity index is 435. The van der Waals surface area contributed by atoms with Gasteiger partial charge in [0.05, 0.1) is 0 Å². The number of rotatable bonds is 5. The average molecular weight is 280 g/mol. The van der Waals surface area contributed by atoms with Gasteiger partial charge in [0.2, 0.25) is 0 Å². The summed E-state index contributed by atoms with van der Waals surface area (Å²) in [7, 11) is 2.09. The maximum atomic E-state index is 13.5. The van der Waals surface area contributed by atoms with Crippen molar-refractivity contribution in [2.24, 2.45) is 5.41 Å². The fraction of sp³-hybridized carbons (Fsp3) is 0.647. The molecule has 1 unspecified atom stereocenters. The van der Waals surface area contributed by atoms with Crippen LogP contribution < -0.4 is 10.2 Å². The van der Waals surface area contributed by atoms with Crippen LogP contribution in [0.1, 0.15) is 47.1 Å². The van der Waals surface area contributed by atoms with E-state index in [-0.39, 0.29) is 11.2 Å². The maximum absolute atomic E-state index is 13.5. The Labute approximate surface area is 123 Å².